The first-order valence-electron chi connectivity index (χ1n) is 10.2. The van der Waals surface area contributed by atoms with Crippen LogP contribution in [0.5, 0.6) is 5.75 Å². The maximum atomic E-state index is 12.8. The molecule has 2 aromatic heterocycles. The maximum Gasteiger partial charge on any atom is 0.308 e. The minimum atomic E-state index is -3.91. The fourth-order valence-electron chi connectivity index (χ4n) is 3.96. The summed E-state index contributed by atoms with van der Waals surface area (Å²) < 4.78 is 39.8. The van der Waals surface area contributed by atoms with Crippen molar-refractivity contribution in [1.82, 2.24) is 9.55 Å². The summed E-state index contributed by atoms with van der Waals surface area (Å²) in [6.07, 6.45) is 6.18. The third-order valence-corrected chi connectivity index (χ3v) is 7.17. The van der Waals surface area contributed by atoms with Gasteiger partial charge in [-0.1, -0.05) is 12.5 Å². The van der Waals surface area contributed by atoms with E-state index >= 15 is 0 Å². The molecule has 0 aliphatic heterocycles. The van der Waals surface area contributed by atoms with Crippen LogP contribution < -0.4 is 15.0 Å². The molecule has 0 amide bonds. The molecule has 9 heteroatoms. The molecule has 2 aromatic carbocycles. The van der Waals surface area contributed by atoms with Crippen LogP contribution in [0.1, 0.15) is 30.7 Å². The van der Waals surface area contributed by atoms with Crippen LogP contribution in [0, 0.1) is 0 Å². The molecular formula is C23H21N3O5S. The van der Waals surface area contributed by atoms with Gasteiger partial charge in [-0.3, -0.25) is 9.36 Å². The number of rotatable bonds is 6. The summed E-state index contributed by atoms with van der Waals surface area (Å²) in [4.78, 5) is 16.7. The summed E-state index contributed by atoms with van der Waals surface area (Å²) in [5.41, 5.74) is 2.15. The number of aromatic nitrogens is 2. The van der Waals surface area contributed by atoms with E-state index in [1.807, 2.05) is 18.2 Å². The average Bonchev–Trinajstić information content (AvgIpc) is 3.24. The first kappa shape index (κ1) is 20.3. The summed E-state index contributed by atoms with van der Waals surface area (Å²) in [5.74, 6) is 1.14. The van der Waals surface area contributed by atoms with Crippen LogP contribution in [0.15, 0.2) is 75.1 Å². The Hall–Kier alpha value is -3.59. The summed E-state index contributed by atoms with van der Waals surface area (Å²) in [6.45, 7) is 0. The predicted octanol–water partition coefficient (Wildman–Crippen LogP) is 4.06. The van der Waals surface area contributed by atoms with Crippen LogP contribution in [0.3, 0.4) is 0 Å². The fourth-order valence-corrected chi connectivity index (χ4v) is 4.94. The predicted molar refractivity (Wildman–Crippen MR) is 120 cm³/mol. The summed E-state index contributed by atoms with van der Waals surface area (Å²) in [7, 11) is -2.32. The van der Waals surface area contributed by atoms with Gasteiger partial charge in [0.1, 0.15) is 12.0 Å². The van der Waals surface area contributed by atoms with Crippen LogP contribution in [0.2, 0.25) is 0 Å². The molecular weight excluding hydrogens is 430 g/mol. The van der Waals surface area contributed by atoms with Gasteiger partial charge in [0.25, 0.3) is 15.6 Å². The highest BCUT2D eigenvalue weighted by molar-refractivity contribution is 7.92. The molecule has 0 saturated heterocycles. The van der Waals surface area contributed by atoms with Crippen molar-refractivity contribution in [2.45, 2.75) is 30.1 Å². The summed E-state index contributed by atoms with van der Waals surface area (Å²) in [5, 5.41) is 0.588. The number of fused-ring (bicyclic) bond motifs is 1. The molecule has 1 N–H and O–H groups in total. The Morgan fingerprint density at radius 2 is 1.97 bits per heavy atom. The van der Waals surface area contributed by atoms with Crippen molar-refractivity contribution in [3.05, 3.63) is 76.9 Å². The van der Waals surface area contributed by atoms with Crippen molar-refractivity contribution >= 4 is 26.9 Å². The Balaban J connectivity index is 1.60. The molecule has 0 atom stereocenters. The van der Waals surface area contributed by atoms with Gasteiger partial charge in [0.15, 0.2) is 0 Å². The molecule has 1 aliphatic carbocycles. The maximum absolute atomic E-state index is 12.8. The quantitative estimate of drug-likeness (QED) is 0.474. The fraction of sp³-hybridized carbons (Fsp3) is 0.217. The lowest BCUT2D eigenvalue weighted by molar-refractivity contribution is 0.401. The lowest BCUT2D eigenvalue weighted by atomic mass is 9.80. The second-order valence-electron chi connectivity index (χ2n) is 7.73. The number of oxazole rings is 1. The number of anilines is 1. The first-order valence-corrected chi connectivity index (χ1v) is 11.7. The molecule has 1 saturated carbocycles. The number of methoxy groups -OCH3 is 1. The van der Waals surface area contributed by atoms with Crippen LogP contribution in [0.25, 0.3) is 16.6 Å². The Morgan fingerprint density at radius 3 is 2.66 bits per heavy atom. The number of nitrogens with one attached hydrogen (secondary N) is 1. The normalized spacial score (nSPS) is 14.3. The second kappa shape index (κ2) is 7.83. The monoisotopic (exact) mass is 451 g/mol. The number of sulfonamides is 1. The molecule has 164 valence electrons. The van der Waals surface area contributed by atoms with E-state index in [1.54, 1.807) is 19.2 Å². The standard InChI is InChI=1S/C23H21N3O5S/c1-30-21-14-16(15-3-2-4-15)5-8-20(21)26-19-9-7-18(13-17(19)6-10-22(26)27)32(28,29)25-23-24-11-12-31-23/h5-15H,2-4H2,1H3,(H,24,25). The van der Waals surface area contributed by atoms with Gasteiger partial charge < -0.3 is 9.15 Å². The zero-order valence-electron chi connectivity index (χ0n) is 17.3. The van der Waals surface area contributed by atoms with Crippen LogP contribution in [-0.4, -0.2) is 25.1 Å². The van der Waals surface area contributed by atoms with Gasteiger partial charge in [-0.15, -0.1) is 0 Å². The summed E-state index contributed by atoms with van der Waals surface area (Å²) >= 11 is 0. The van der Waals surface area contributed by atoms with Crippen molar-refractivity contribution in [3.63, 3.8) is 0 Å². The smallest absolute Gasteiger partial charge is 0.308 e. The van der Waals surface area contributed by atoms with Gasteiger partial charge >= 0.3 is 6.01 Å². The Morgan fingerprint density at radius 1 is 1.12 bits per heavy atom. The van der Waals surface area contributed by atoms with Gasteiger partial charge in [-0.05, 0) is 60.7 Å². The number of hydrogen-bond acceptors (Lipinski definition) is 6. The van der Waals surface area contributed by atoms with Crippen molar-refractivity contribution < 1.29 is 17.6 Å². The average molecular weight is 452 g/mol. The molecule has 2 heterocycles. The van der Waals surface area contributed by atoms with Gasteiger partial charge in [-0.25, -0.2) is 18.1 Å². The van der Waals surface area contributed by atoms with E-state index in [2.05, 4.69) is 9.71 Å². The molecule has 0 spiro atoms. The van der Waals surface area contributed by atoms with E-state index < -0.39 is 10.0 Å². The van der Waals surface area contributed by atoms with Crippen LogP contribution in [0.4, 0.5) is 6.01 Å². The molecule has 5 rings (SSSR count). The van der Waals surface area contributed by atoms with E-state index in [4.69, 9.17) is 9.15 Å². The lowest BCUT2D eigenvalue weighted by Crippen LogP contribution is -2.19. The zero-order valence-corrected chi connectivity index (χ0v) is 18.1. The minimum Gasteiger partial charge on any atom is -0.495 e. The lowest BCUT2D eigenvalue weighted by Gasteiger charge is -2.26. The van der Waals surface area contributed by atoms with E-state index in [9.17, 15) is 13.2 Å². The largest absolute Gasteiger partial charge is 0.495 e. The van der Waals surface area contributed by atoms with Crippen molar-refractivity contribution in [3.8, 4) is 11.4 Å². The Kier molecular flexibility index (Phi) is 4.97. The van der Waals surface area contributed by atoms with Gasteiger partial charge in [0, 0.05) is 11.5 Å². The van der Waals surface area contributed by atoms with Gasteiger partial charge in [-0.2, -0.15) is 0 Å². The topological polar surface area (TPSA) is 103 Å². The molecule has 1 fully saturated rings. The highest BCUT2D eigenvalue weighted by Crippen LogP contribution is 2.39. The first-order chi connectivity index (χ1) is 15.5. The molecule has 0 unspecified atom stereocenters. The molecule has 32 heavy (non-hydrogen) atoms. The Bertz CT molecular complexity index is 1460. The van der Waals surface area contributed by atoms with Crippen LogP contribution in [-0.2, 0) is 10.0 Å². The summed E-state index contributed by atoms with van der Waals surface area (Å²) in [6, 6.07) is 13.4. The van der Waals surface area contributed by atoms with E-state index in [1.165, 1.54) is 47.2 Å². The van der Waals surface area contributed by atoms with E-state index in [0.29, 0.717) is 28.3 Å². The highest BCUT2D eigenvalue weighted by Gasteiger charge is 2.22. The molecule has 1 aliphatic rings. The van der Waals surface area contributed by atoms with E-state index in [-0.39, 0.29) is 16.5 Å². The highest BCUT2D eigenvalue weighted by atomic mass is 32.2. The Labute approximate surface area is 184 Å². The SMILES string of the molecule is COc1cc(C2CCC2)ccc1-n1c(=O)ccc2cc(S(=O)(=O)Nc3ncco3)ccc21. The number of ether oxygens (including phenoxy) is 1. The second-order valence-corrected chi connectivity index (χ2v) is 9.41. The van der Waals surface area contributed by atoms with E-state index in [0.717, 1.165) is 12.8 Å². The van der Waals surface area contributed by atoms with Crippen molar-refractivity contribution in [1.29, 1.82) is 0 Å². The third-order valence-electron chi connectivity index (χ3n) is 5.85. The number of pyridine rings is 1. The molecule has 4 aromatic rings. The number of hydrogen-bond donors (Lipinski definition) is 1. The van der Waals surface area contributed by atoms with Gasteiger partial charge in [0.05, 0.1) is 29.4 Å². The van der Waals surface area contributed by atoms with Crippen LogP contribution >= 0.6 is 0 Å². The minimum absolute atomic E-state index is 0.0284. The van der Waals surface area contributed by atoms with Crippen molar-refractivity contribution in [2.75, 3.05) is 11.8 Å². The third kappa shape index (κ3) is 3.54. The zero-order chi connectivity index (χ0) is 22.3. The van der Waals surface area contributed by atoms with Gasteiger partial charge in [0.2, 0.25) is 0 Å². The number of benzene rings is 2. The molecule has 0 bridgehead atoms. The molecule has 0 radical (unpaired) electrons. The van der Waals surface area contributed by atoms with Crippen molar-refractivity contribution in [2.24, 2.45) is 0 Å². The molecule has 8 nitrogen and oxygen atoms in total. The number of nitrogens with zero attached hydrogens (tertiary/aromatic N) is 2.